The topological polar surface area (TPSA) is 71.0 Å². The summed E-state index contributed by atoms with van der Waals surface area (Å²) in [4.78, 5) is 14.0. The molecule has 2 heterocycles. The number of carbonyl (C=O) groups excluding carboxylic acids is 1. The molecular formula is C20H29FN2O4. The molecule has 0 spiro atoms. The Labute approximate surface area is 159 Å². The molecule has 1 amide bonds. The number of fused-ring (bicyclic) bond motifs is 1. The van der Waals surface area contributed by atoms with Gasteiger partial charge in [-0.1, -0.05) is 18.2 Å². The number of aliphatic hydroxyl groups excluding tert-OH is 1. The lowest BCUT2D eigenvalue weighted by atomic mass is 9.94. The third-order valence-electron chi connectivity index (χ3n) is 5.21. The van der Waals surface area contributed by atoms with E-state index < -0.39 is 6.10 Å². The SMILES string of the molecule is CCNC(=O)C[C@@H]1CC[C@@H]2[C@H](COC[C@@H](O)CN2Cc2ccccc2F)O1. The quantitative estimate of drug-likeness (QED) is 0.809. The Hall–Kier alpha value is -1.54. The molecule has 0 aliphatic carbocycles. The Morgan fingerprint density at radius 2 is 2.15 bits per heavy atom. The summed E-state index contributed by atoms with van der Waals surface area (Å²) in [5.74, 6) is -0.251. The van der Waals surface area contributed by atoms with Crippen LogP contribution in [0.25, 0.3) is 0 Å². The van der Waals surface area contributed by atoms with Crippen molar-refractivity contribution < 1.29 is 23.8 Å². The lowest BCUT2D eigenvalue weighted by Gasteiger charge is -2.44. The summed E-state index contributed by atoms with van der Waals surface area (Å²) in [6.45, 7) is 3.90. The number of benzene rings is 1. The fraction of sp³-hybridized carbons (Fsp3) is 0.650. The molecule has 1 aromatic carbocycles. The van der Waals surface area contributed by atoms with Crippen LogP contribution in [0.5, 0.6) is 0 Å². The number of β-amino-alcohol motifs (C(OH)–C–C–N with tert-alkyl or cyclic N) is 1. The van der Waals surface area contributed by atoms with Gasteiger partial charge in [0.05, 0.1) is 37.9 Å². The average Bonchev–Trinajstić information content (AvgIpc) is 2.62. The van der Waals surface area contributed by atoms with Crippen LogP contribution in [0.2, 0.25) is 0 Å². The normalized spacial score (nSPS) is 29.4. The van der Waals surface area contributed by atoms with E-state index in [1.165, 1.54) is 6.07 Å². The summed E-state index contributed by atoms with van der Waals surface area (Å²) < 4.78 is 25.9. The molecule has 6 nitrogen and oxygen atoms in total. The summed E-state index contributed by atoms with van der Waals surface area (Å²) in [6.07, 6.45) is 0.957. The predicted molar refractivity (Wildman–Crippen MR) is 98.6 cm³/mol. The van der Waals surface area contributed by atoms with Gasteiger partial charge in [0.15, 0.2) is 0 Å². The second-order valence-corrected chi connectivity index (χ2v) is 7.31. The van der Waals surface area contributed by atoms with Gasteiger partial charge in [-0.05, 0) is 25.8 Å². The van der Waals surface area contributed by atoms with Crippen molar-refractivity contribution in [2.24, 2.45) is 0 Å². The zero-order valence-electron chi connectivity index (χ0n) is 15.8. The first-order chi connectivity index (χ1) is 13.1. The van der Waals surface area contributed by atoms with Crippen molar-refractivity contribution in [2.75, 3.05) is 26.3 Å². The molecule has 2 aliphatic rings. The summed E-state index contributed by atoms with van der Waals surface area (Å²) in [5.41, 5.74) is 0.606. The minimum absolute atomic E-state index is 0.00801. The lowest BCUT2D eigenvalue weighted by Crippen LogP contribution is -2.55. The van der Waals surface area contributed by atoms with Crippen molar-refractivity contribution >= 4 is 5.91 Å². The Bertz CT molecular complexity index is 630. The van der Waals surface area contributed by atoms with Gasteiger partial charge in [0.1, 0.15) is 5.82 Å². The first-order valence-corrected chi connectivity index (χ1v) is 9.72. The van der Waals surface area contributed by atoms with Crippen LogP contribution in [0, 0.1) is 5.82 Å². The molecule has 0 radical (unpaired) electrons. The van der Waals surface area contributed by atoms with Gasteiger partial charge in [-0.2, -0.15) is 0 Å². The number of nitrogens with zero attached hydrogens (tertiary/aromatic N) is 1. The zero-order valence-corrected chi connectivity index (χ0v) is 15.8. The lowest BCUT2D eigenvalue weighted by molar-refractivity contribution is -0.158. The van der Waals surface area contributed by atoms with Crippen molar-refractivity contribution in [1.29, 1.82) is 0 Å². The molecular weight excluding hydrogens is 351 g/mol. The van der Waals surface area contributed by atoms with E-state index in [9.17, 15) is 14.3 Å². The Balaban J connectivity index is 1.70. The highest BCUT2D eigenvalue weighted by Gasteiger charge is 2.38. The molecule has 0 aromatic heterocycles. The van der Waals surface area contributed by atoms with Crippen LogP contribution in [0.1, 0.15) is 31.7 Å². The molecule has 2 fully saturated rings. The number of amides is 1. The molecule has 2 saturated heterocycles. The maximum Gasteiger partial charge on any atom is 0.222 e. The zero-order chi connectivity index (χ0) is 19.2. The third-order valence-corrected chi connectivity index (χ3v) is 5.21. The molecule has 7 heteroatoms. The summed E-state index contributed by atoms with van der Waals surface area (Å²) in [6, 6.07) is 6.74. The number of rotatable bonds is 5. The monoisotopic (exact) mass is 380 g/mol. The van der Waals surface area contributed by atoms with E-state index in [-0.39, 0.29) is 36.6 Å². The van der Waals surface area contributed by atoms with Gasteiger partial charge in [0, 0.05) is 31.2 Å². The van der Waals surface area contributed by atoms with Crippen molar-refractivity contribution in [2.45, 2.75) is 57.1 Å². The van der Waals surface area contributed by atoms with Gasteiger partial charge in [0.2, 0.25) is 5.91 Å². The second-order valence-electron chi connectivity index (χ2n) is 7.31. The fourth-order valence-electron chi connectivity index (χ4n) is 3.95. The Morgan fingerprint density at radius 3 is 2.93 bits per heavy atom. The molecule has 1 aromatic rings. The van der Waals surface area contributed by atoms with Gasteiger partial charge < -0.3 is 19.9 Å². The van der Waals surface area contributed by atoms with E-state index in [0.29, 0.717) is 38.2 Å². The number of halogens is 1. The first kappa shape index (κ1) is 20.2. The van der Waals surface area contributed by atoms with Gasteiger partial charge in [-0.15, -0.1) is 0 Å². The number of carbonyl (C=O) groups is 1. The Morgan fingerprint density at radius 1 is 1.33 bits per heavy atom. The van der Waals surface area contributed by atoms with Gasteiger partial charge in [-0.3, -0.25) is 9.69 Å². The van der Waals surface area contributed by atoms with Crippen LogP contribution < -0.4 is 5.32 Å². The largest absolute Gasteiger partial charge is 0.389 e. The van der Waals surface area contributed by atoms with E-state index >= 15 is 0 Å². The molecule has 0 saturated carbocycles. The van der Waals surface area contributed by atoms with Crippen molar-refractivity contribution in [3.05, 3.63) is 35.6 Å². The molecule has 4 atom stereocenters. The first-order valence-electron chi connectivity index (χ1n) is 9.72. The van der Waals surface area contributed by atoms with Crippen molar-refractivity contribution in [3.63, 3.8) is 0 Å². The van der Waals surface area contributed by atoms with E-state index in [1.54, 1.807) is 12.1 Å². The van der Waals surface area contributed by atoms with Gasteiger partial charge in [0.25, 0.3) is 0 Å². The Kier molecular flexibility index (Phi) is 7.18. The highest BCUT2D eigenvalue weighted by molar-refractivity contribution is 5.76. The van der Waals surface area contributed by atoms with Gasteiger partial charge in [-0.25, -0.2) is 4.39 Å². The molecule has 0 bridgehead atoms. The number of aliphatic hydroxyl groups is 1. The predicted octanol–water partition coefficient (Wildman–Crippen LogP) is 1.46. The molecule has 150 valence electrons. The van der Waals surface area contributed by atoms with Crippen LogP contribution >= 0.6 is 0 Å². The number of nitrogens with one attached hydrogen (secondary N) is 1. The fourth-order valence-corrected chi connectivity index (χ4v) is 3.95. The van der Waals surface area contributed by atoms with Crippen molar-refractivity contribution in [3.8, 4) is 0 Å². The molecule has 2 aliphatic heterocycles. The maximum atomic E-state index is 14.1. The maximum absolute atomic E-state index is 14.1. The summed E-state index contributed by atoms with van der Waals surface area (Å²) in [5, 5.41) is 13.0. The van der Waals surface area contributed by atoms with E-state index in [1.807, 2.05) is 13.0 Å². The standard InChI is InChI=1S/C20H29FN2O4/c1-2-22-20(25)9-16-7-8-18-19(27-16)13-26-12-15(24)11-23(18)10-14-5-3-4-6-17(14)21/h3-6,15-16,18-19,24H,2,7-13H2,1H3,(H,22,25)/t15-,16-,18+,19-/m0/s1. The number of hydrogen-bond donors (Lipinski definition) is 2. The van der Waals surface area contributed by atoms with Crippen LogP contribution in [0.15, 0.2) is 24.3 Å². The smallest absolute Gasteiger partial charge is 0.222 e. The minimum Gasteiger partial charge on any atom is -0.389 e. The summed E-state index contributed by atoms with van der Waals surface area (Å²) in [7, 11) is 0. The average molecular weight is 380 g/mol. The summed E-state index contributed by atoms with van der Waals surface area (Å²) >= 11 is 0. The molecule has 3 rings (SSSR count). The van der Waals surface area contributed by atoms with E-state index in [0.717, 1.165) is 12.8 Å². The van der Waals surface area contributed by atoms with E-state index in [2.05, 4.69) is 10.2 Å². The minimum atomic E-state index is -0.620. The van der Waals surface area contributed by atoms with Gasteiger partial charge >= 0.3 is 0 Å². The van der Waals surface area contributed by atoms with Crippen molar-refractivity contribution in [1.82, 2.24) is 10.2 Å². The molecule has 0 unspecified atom stereocenters. The van der Waals surface area contributed by atoms with Crippen LogP contribution in [0.4, 0.5) is 4.39 Å². The van der Waals surface area contributed by atoms with E-state index in [4.69, 9.17) is 9.47 Å². The highest BCUT2D eigenvalue weighted by atomic mass is 19.1. The van der Waals surface area contributed by atoms with Crippen LogP contribution in [0.3, 0.4) is 0 Å². The second kappa shape index (κ2) is 9.59. The highest BCUT2D eigenvalue weighted by Crippen LogP contribution is 2.29. The number of ether oxygens (including phenoxy) is 2. The van der Waals surface area contributed by atoms with Crippen LogP contribution in [-0.4, -0.2) is 66.6 Å². The molecule has 2 N–H and O–H groups in total. The van der Waals surface area contributed by atoms with Crippen LogP contribution in [-0.2, 0) is 20.8 Å². The number of hydrogen-bond acceptors (Lipinski definition) is 5. The third kappa shape index (κ3) is 5.48. The molecule has 27 heavy (non-hydrogen) atoms.